The van der Waals surface area contributed by atoms with Gasteiger partial charge in [0, 0.05) is 12.1 Å². The van der Waals surface area contributed by atoms with Gasteiger partial charge in [0.15, 0.2) is 5.57 Å². The lowest BCUT2D eigenvalue weighted by Gasteiger charge is -2.13. The molecule has 112 valence electrons. The van der Waals surface area contributed by atoms with Gasteiger partial charge in [-0.2, -0.15) is 5.26 Å². The van der Waals surface area contributed by atoms with Crippen LogP contribution in [-0.2, 0) is 16.1 Å². The van der Waals surface area contributed by atoms with Crippen molar-refractivity contribution in [2.24, 2.45) is 0 Å². The van der Waals surface area contributed by atoms with E-state index in [1.807, 2.05) is 30.3 Å². The third-order valence-electron chi connectivity index (χ3n) is 2.65. The number of carbonyl (C=O) groups is 1. The van der Waals surface area contributed by atoms with Crippen molar-refractivity contribution in [1.82, 2.24) is 5.32 Å². The van der Waals surface area contributed by atoms with Gasteiger partial charge in [0.25, 0.3) is 0 Å². The van der Waals surface area contributed by atoms with Crippen molar-refractivity contribution < 1.29 is 14.3 Å². The molecule has 0 unspecified atom stereocenters. The number of esters is 1. The van der Waals surface area contributed by atoms with Crippen molar-refractivity contribution in [3.8, 4) is 11.8 Å². The van der Waals surface area contributed by atoms with E-state index in [2.05, 4.69) is 5.32 Å². The van der Waals surface area contributed by atoms with Crippen LogP contribution in [0.5, 0.6) is 5.75 Å². The highest BCUT2D eigenvalue weighted by atomic mass is 32.2. The molecule has 1 aromatic rings. The second-order valence-corrected chi connectivity index (χ2v) is 4.72. The number of benzene rings is 1. The maximum absolute atomic E-state index is 11.7. The van der Waals surface area contributed by atoms with Crippen molar-refractivity contribution in [2.45, 2.75) is 13.5 Å². The van der Waals surface area contributed by atoms with Crippen LogP contribution in [0.2, 0.25) is 0 Å². The zero-order chi connectivity index (χ0) is 15.7. The fraction of sp³-hybridized carbons (Fsp3) is 0.333. The zero-order valence-corrected chi connectivity index (χ0v) is 13.1. The van der Waals surface area contributed by atoms with Crippen LogP contribution in [-0.4, -0.2) is 25.9 Å². The second-order valence-electron chi connectivity index (χ2n) is 3.91. The summed E-state index contributed by atoms with van der Waals surface area (Å²) < 4.78 is 10.1. The van der Waals surface area contributed by atoms with Gasteiger partial charge in [-0.05, 0) is 19.2 Å². The molecule has 1 N–H and O–H groups in total. The Balaban J connectivity index is 2.91. The molecule has 0 aromatic heterocycles. The maximum Gasteiger partial charge on any atom is 0.351 e. The van der Waals surface area contributed by atoms with E-state index < -0.39 is 5.97 Å². The lowest BCUT2D eigenvalue weighted by Crippen LogP contribution is -2.17. The topological polar surface area (TPSA) is 71.4 Å². The molecule has 0 saturated carbocycles. The minimum absolute atomic E-state index is 0.0146. The van der Waals surface area contributed by atoms with Gasteiger partial charge in [-0.25, -0.2) is 4.79 Å². The number of nitriles is 1. The SMILES string of the molecule is CCOC(=O)/C(C#N)=C(/NCc1ccccc1OC)SC. The molecule has 0 saturated heterocycles. The molecule has 0 fully saturated rings. The van der Waals surface area contributed by atoms with Gasteiger partial charge in [0.1, 0.15) is 11.8 Å². The average molecular weight is 306 g/mol. The lowest BCUT2D eigenvalue weighted by molar-refractivity contribution is -0.138. The first-order chi connectivity index (χ1) is 10.2. The Morgan fingerprint density at radius 2 is 2.14 bits per heavy atom. The standard InChI is InChI=1S/C15H18N2O3S/c1-4-20-15(18)12(9-16)14(21-3)17-10-11-7-5-6-8-13(11)19-2/h5-8,17H,4,10H2,1-3H3/b14-12-. The van der Waals surface area contributed by atoms with Crippen molar-refractivity contribution in [3.63, 3.8) is 0 Å². The molecule has 0 bridgehead atoms. The number of para-hydroxylation sites is 1. The molecule has 0 aliphatic heterocycles. The molecule has 0 aliphatic carbocycles. The molecule has 0 amide bonds. The maximum atomic E-state index is 11.7. The van der Waals surface area contributed by atoms with Crippen molar-refractivity contribution in [2.75, 3.05) is 20.0 Å². The number of hydrogen-bond acceptors (Lipinski definition) is 6. The molecule has 6 heteroatoms. The first-order valence-corrected chi connectivity index (χ1v) is 7.61. The molecular formula is C15H18N2O3S. The van der Waals surface area contributed by atoms with Crippen LogP contribution in [0.15, 0.2) is 34.9 Å². The van der Waals surface area contributed by atoms with Crippen LogP contribution >= 0.6 is 11.8 Å². The van der Waals surface area contributed by atoms with E-state index in [4.69, 9.17) is 14.7 Å². The number of thioether (sulfide) groups is 1. The minimum atomic E-state index is -0.614. The molecule has 0 heterocycles. The highest BCUT2D eigenvalue weighted by Gasteiger charge is 2.16. The third kappa shape index (κ3) is 4.72. The van der Waals surface area contributed by atoms with Crippen molar-refractivity contribution in [1.29, 1.82) is 5.26 Å². The Bertz CT molecular complexity index is 564. The number of methoxy groups -OCH3 is 1. The van der Waals surface area contributed by atoms with Gasteiger partial charge >= 0.3 is 5.97 Å². The largest absolute Gasteiger partial charge is 0.496 e. The van der Waals surface area contributed by atoms with E-state index in [1.165, 1.54) is 11.8 Å². The van der Waals surface area contributed by atoms with Gasteiger partial charge < -0.3 is 14.8 Å². The highest BCUT2D eigenvalue weighted by molar-refractivity contribution is 8.02. The molecule has 1 rings (SSSR count). The van der Waals surface area contributed by atoms with Crippen LogP contribution in [0.3, 0.4) is 0 Å². The monoisotopic (exact) mass is 306 g/mol. The Morgan fingerprint density at radius 1 is 1.43 bits per heavy atom. The molecule has 5 nitrogen and oxygen atoms in total. The quantitative estimate of drug-likeness (QED) is 0.474. The van der Waals surface area contributed by atoms with Gasteiger partial charge in [-0.3, -0.25) is 0 Å². The van der Waals surface area contributed by atoms with Crippen LogP contribution in [0.4, 0.5) is 0 Å². The van der Waals surface area contributed by atoms with E-state index in [9.17, 15) is 4.79 Å². The summed E-state index contributed by atoms with van der Waals surface area (Å²) in [6.07, 6.45) is 1.79. The predicted molar refractivity (Wildman–Crippen MR) is 82.6 cm³/mol. The van der Waals surface area contributed by atoms with E-state index >= 15 is 0 Å². The predicted octanol–water partition coefficient (Wildman–Crippen LogP) is 2.45. The minimum Gasteiger partial charge on any atom is -0.496 e. The normalized spacial score (nSPS) is 11.1. The smallest absolute Gasteiger partial charge is 0.351 e. The number of hydrogen-bond donors (Lipinski definition) is 1. The summed E-state index contributed by atoms with van der Waals surface area (Å²) in [4.78, 5) is 11.7. The van der Waals surface area contributed by atoms with E-state index in [0.29, 0.717) is 11.6 Å². The third-order valence-corrected chi connectivity index (χ3v) is 3.41. The van der Waals surface area contributed by atoms with Gasteiger partial charge in [-0.15, -0.1) is 11.8 Å². The van der Waals surface area contributed by atoms with Crippen LogP contribution in [0.25, 0.3) is 0 Å². The lowest BCUT2D eigenvalue weighted by atomic mass is 10.2. The molecular weight excluding hydrogens is 288 g/mol. The average Bonchev–Trinajstić information content (AvgIpc) is 2.51. The van der Waals surface area contributed by atoms with Crippen LogP contribution in [0.1, 0.15) is 12.5 Å². The molecule has 0 aliphatic rings. The summed E-state index contributed by atoms with van der Waals surface area (Å²) in [5.41, 5.74) is 0.923. The summed E-state index contributed by atoms with van der Waals surface area (Å²) in [5.74, 6) is 0.136. The summed E-state index contributed by atoms with van der Waals surface area (Å²) >= 11 is 1.29. The summed E-state index contributed by atoms with van der Waals surface area (Å²) in [6, 6.07) is 9.45. The molecule has 0 atom stereocenters. The van der Waals surface area contributed by atoms with Gasteiger partial charge in [-0.1, -0.05) is 18.2 Å². The first-order valence-electron chi connectivity index (χ1n) is 6.39. The Labute approximate surface area is 128 Å². The van der Waals surface area contributed by atoms with E-state index in [1.54, 1.807) is 20.3 Å². The van der Waals surface area contributed by atoms with Gasteiger partial charge in [0.05, 0.1) is 18.7 Å². The van der Waals surface area contributed by atoms with Crippen molar-refractivity contribution in [3.05, 3.63) is 40.4 Å². The first kappa shape index (κ1) is 16.9. The molecule has 1 aromatic carbocycles. The highest BCUT2D eigenvalue weighted by Crippen LogP contribution is 2.20. The Kier molecular flexibility index (Phi) is 7.19. The van der Waals surface area contributed by atoms with Crippen LogP contribution < -0.4 is 10.1 Å². The van der Waals surface area contributed by atoms with Gasteiger partial charge in [0.2, 0.25) is 0 Å². The number of nitrogens with zero attached hydrogens (tertiary/aromatic N) is 1. The van der Waals surface area contributed by atoms with Crippen molar-refractivity contribution >= 4 is 17.7 Å². The summed E-state index contributed by atoms with van der Waals surface area (Å²) in [7, 11) is 1.60. The van der Waals surface area contributed by atoms with Crippen LogP contribution in [0, 0.1) is 11.3 Å². The van der Waals surface area contributed by atoms with E-state index in [0.717, 1.165) is 11.3 Å². The Hall–Kier alpha value is -2.13. The molecule has 0 spiro atoms. The summed E-state index contributed by atoms with van der Waals surface area (Å²) in [5, 5.41) is 12.7. The molecule has 21 heavy (non-hydrogen) atoms. The van der Waals surface area contributed by atoms with E-state index in [-0.39, 0.29) is 12.2 Å². The fourth-order valence-electron chi connectivity index (χ4n) is 1.68. The molecule has 0 radical (unpaired) electrons. The fourth-order valence-corrected chi connectivity index (χ4v) is 2.23. The number of ether oxygens (including phenoxy) is 2. The number of carbonyl (C=O) groups excluding carboxylic acids is 1. The summed E-state index contributed by atoms with van der Waals surface area (Å²) in [6.45, 7) is 2.39. The number of rotatable bonds is 7. The number of nitrogens with one attached hydrogen (secondary N) is 1. The Morgan fingerprint density at radius 3 is 2.71 bits per heavy atom. The zero-order valence-electron chi connectivity index (χ0n) is 12.3. The second kappa shape index (κ2) is 8.93.